The zero-order valence-electron chi connectivity index (χ0n) is 18.6. The summed E-state index contributed by atoms with van der Waals surface area (Å²) in [6, 6.07) is 10.5. The molecule has 30 heavy (non-hydrogen) atoms. The molecule has 2 aromatic rings. The Hall–Kier alpha value is -2.80. The van der Waals surface area contributed by atoms with Crippen LogP contribution in [0.15, 0.2) is 41.5 Å². The summed E-state index contributed by atoms with van der Waals surface area (Å²) in [6.45, 7) is 7.79. The minimum Gasteiger partial charge on any atom is -0.496 e. The van der Waals surface area contributed by atoms with Gasteiger partial charge in [-0.05, 0) is 43.7 Å². The quantitative estimate of drug-likeness (QED) is 0.538. The molecule has 162 valence electrons. The second-order valence-corrected chi connectivity index (χ2v) is 7.73. The van der Waals surface area contributed by atoms with Gasteiger partial charge in [-0.3, -0.25) is 4.99 Å². The number of aromatic nitrogens is 1. The molecule has 1 aliphatic heterocycles. The minimum atomic E-state index is 0.684. The van der Waals surface area contributed by atoms with Crippen molar-refractivity contribution in [1.29, 1.82) is 0 Å². The Kier molecular flexibility index (Phi) is 7.90. The van der Waals surface area contributed by atoms with Crippen molar-refractivity contribution in [2.24, 2.45) is 4.99 Å². The van der Waals surface area contributed by atoms with E-state index in [-0.39, 0.29) is 0 Å². The maximum Gasteiger partial charge on any atom is 0.191 e. The van der Waals surface area contributed by atoms with Crippen LogP contribution in [0.1, 0.15) is 16.7 Å². The largest absolute Gasteiger partial charge is 0.496 e. The van der Waals surface area contributed by atoms with Gasteiger partial charge in [0, 0.05) is 52.5 Å². The van der Waals surface area contributed by atoms with Gasteiger partial charge in [0.2, 0.25) is 0 Å². The summed E-state index contributed by atoms with van der Waals surface area (Å²) in [5, 5.41) is 6.74. The summed E-state index contributed by atoms with van der Waals surface area (Å²) < 4.78 is 5.46. The van der Waals surface area contributed by atoms with Crippen molar-refractivity contribution in [3.8, 4) is 5.75 Å². The molecular weight excluding hydrogens is 376 g/mol. The average molecular weight is 411 g/mol. The Morgan fingerprint density at radius 3 is 2.60 bits per heavy atom. The third-order valence-electron chi connectivity index (χ3n) is 5.44. The van der Waals surface area contributed by atoms with Gasteiger partial charge in [-0.15, -0.1) is 0 Å². The molecule has 7 nitrogen and oxygen atoms in total. The molecule has 0 aliphatic carbocycles. The Morgan fingerprint density at radius 1 is 1.13 bits per heavy atom. The van der Waals surface area contributed by atoms with Crippen LogP contribution in [0.2, 0.25) is 0 Å². The van der Waals surface area contributed by atoms with E-state index >= 15 is 0 Å². The van der Waals surface area contributed by atoms with Crippen LogP contribution in [-0.4, -0.2) is 69.8 Å². The molecule has 0 saturated carbocycles. The molecule has 0 unspecified atom stereocenters. The predicted molar refractivity (Wildman–Crippen MR) is 124 cm³/mol. The average Bonchev–Trinajstić information content (AvgIpc) is 2.77. The zero-order valence-corrected chi connectivity index (χ0v) is 18.6. The number of anilines is 1. The molecule has 1 aromatic heterocycles. The van der Waals surface area contributed by atoms with Crippen LogP contribution in [0.25, 0.3) is 0 Å². The molecule has 7 heteroatoms. The highest BCUT2D eigenvalue weighted by Crippen LogP contribution is 2.19. The van der Waals surface area contributed by atoms with Crippen molar-refractivity contribution < 1.29 is 4.74 Å². The minimum absolute atomic E-state index is 0.684. The number of nitrogens with zero attached hydrogens (tertiary/aromatic N) is 4. The van der Waals surface area contributed by atoms with Crippen LogP contribution < -0.4 is 20.3 Å². The summed E-state index contributed by atoms with van der Waals surface area (Å²) in [5.41, 5.74) is 3.57. The number of guanidine groups is 1. The second-order valence-electron chi connectivity index (χ2n) is 7.73. The second kappa shape index (κ2) is 10.8. The van der Waals surface area contributed by atoms with Crippen LogP contribution in [0.5, 0.6) is 5.75 Å². The number of nitrogens with one attached hydrogen (secondary N) is 2. The smallest absolute Gasteiger partial charge is 0.191 e. The van der Waals surface area contributed by atoms with Gasteiger partial charge in [0.15, 0.2) is 5.96 Å². The van der Waals surface area contributed by atoms with E-state index < -0.39 is 0 Å². The van der Waals surface area contributed by atoms with E-state index in [0.717, 1.165) is 62.2 Å². The Balaban J connectivity index is 1.46. The molecular formula is C23H34N6O. The number of hydrogen-bond donors (Lipinski definition) is 2. The van der Waals surface area contributed by atoms with E-state index in [1.54, 1.807) is 14.2 Å². The highest BCUT2D eigenvalue weighted by molar-refractivity contribution is 5.79. The van der Waals surface area contributed by atoms with Crippen molar-refractivity contribution in [2.75, 3.05) is 58.8 Å². The maximum atomic E-state index is 5.46. The molecule has 2 heterocycles. The van der Waals surface area contributed by atoms with Crippen molar-refractivity contribution >= 4 is 11.8 Å². The fourth-order valence-electron chi connectivity index (χ4n) is 3.57. The summed E-state index contributed by atoms with van der Waals surface area (Å²) in [4.78, 5) is 13.7. The van der Waals surface area contributed by atoms with E-state index in [4.69, 9.17) is 4.74 Å². The lowest BCUT2D eigenvalue weighted by Gasteiger charge is -2.33. The molecule has 1 fully saturated rings. The first-order valence-electron chi connectivity index (χ1n) is 10.6. The SMILES string of the molecule is CN=C(NCCc1cc(C)ccc1OC)NCc1ccc(N2CCN(C)CC2)nc1. The maximum absolute atomic E-state index is 5.46. The molecule has 0 radical (unpaired) electrons. The van der Waals surface area contributed by atoms with Gasteiger partial charge in [0.1, 0.15) is 11.6 Å². The van der Waals surface area contributed by atoms with Gasteiger partial charge in [-0.25, -0.2) is 4.98 Å². The number of hydrogen-bond acceptors (Lipinski definition) is 5. The van der Waals surface area contributed by atoms with E-state index in [1.807, 2.05) is 12.3 Å². The number of piperazine rings is 1. The van der Waals surface area contributed by atoms with Crippen molar-refractivity contribution in [1.82, 2.24) is 20.5 Å². The lowest BCUT2D eigenvalue weighted by atomic mass is 10.1. The Labute approximate surface area is 180 Å². The van der Waals surface area contributed by atoms with Gasteiger partial charge in [-0.2, -0.15) is 0 Å². The van der Waals surface area contributed by atoms with Gasteiger partial charge in [0.05, 0.1) is 7.11 Å². The molecule has 0 atom stereocenters. The first-order chi connectivity index (χ1) is 14.6. The first-order valence-corrected chi connectivity index (χ1v) is 10.6. The number of ether oxygens (including phenoxy) is 1. The van der Waals surface area contributed by atoms with Crippen molar-refractivity contribution in [3.63, 3.8) is 0 Å². The normalized spacial score (nSPS) is 15.2. The third-order valence-corrected chi connectivity index (χ3v) is 5.44. The highest BCUT2D eigenvalue weighted by Gasteiger charge is 2.15. The zero-order chi connectivity index (χ0) is 21.3. The molecule has 1 aromatic carbocycles. The van der Waals surface area contributed by atoms with E-state index in [1.165, 1.54) is 11.1 Å². The number of rotatable bonds is 7. The molecule has 3 rings (SSSR count). The van der Waals surface area contributed by atoms with E-state index in [9.17, 15) is 0 Å². The number of methoxy groups -OCH3 is 1. The molecule has 0 amide bonds. The monoisotopic (exact) mass is 410 g/mol. The summed E-state index contributed by atoms with van der Waals surface area (Å²) >= 11 is 0. The van der Waals surface area contributed by atoms with Crippen LogP contribution in [0, 0.1) is 6.92 Å². The van der Waals surface area contributed by atoms with Crippen molar-refractivity contribution in [3.05, 3.63) is 53.2 Å². The third kappa shape index (κ3) is 6.10. The van der Waals surface area contributed by atoms with Crippen LogP contribution in [-0.2, 0) is 13.0 Å². The Morgan fingerprint density at radius 2 is 1.93 bits per heavy atom. The molecule has 1 aliphatic rings. The van der Waals surface area contributed by atoms with Crippen LogP contribution in [0.3, 0.4) is 0 Å². The number of likely N-dealkylation sites (N-methyl/N-ethyl adjacent to an activating group) is 1. The number of aryl methyl sites for hydroxylation is 1. The number of benzene rings is 1. The Bertz CT molecular complexity index is 828. The fourth-order valence-corrected chi connectivity index (χ4v) is 3.57. The fraction of sp³-hybridized carbons (Fsp3) is 0.478. The number of pyridine rings is 1. The van der Waals surface area contributed by atoms with Crippen LogP contribution >= 0.6 is 0 Å². The van der Waals surface area contributed by atoms with E-state index in [2.05, 4.69) is 68.6 Å². The predicted octanol–water partition coefficient (Wildman–Crippen LogP) is 2.06. The topological polar surface area (TPSA) is 65.0 Å². The lowest BCUT2D eigenvalue weighted by Crippen LogP contribution is -2.44. The van der Waals surface area contributed by atoms with Gasteiger partial charge < -0.3 is 25.2 Å². The van der Waals surface area contributed by atoms with Gasteiger partial charge in [-0.1, -0.05) is 23.8 Å². The first kappa shape index (κ1) is 21.9. The standard InChI is InChI=1S/C23H34N6O/c1-18-5-7-21(30-4)20(15-18)9-10-25-23(24-2)27-17-19-6-8-22(26-16-19)29-13-11-28(3)12-14-29/h5-8,15-16H,9-14,17H2,1-4H3,(H2,24,25,27). The summed E-state index contributed by atoms with van der Waals surface area (Å²) in [7, 11) is 5.67. The lowest BCUT2D eigenvalue weighted by molar-refractivity contribution is 0.312. The molecule has 2 N–H and O–H groups in total. The van der Waals surface area contributed by atoms with Gasteiger partial charge in [0.25, 0.3) is 0 Å². The van der Waals surface area contributed by atoms with Gasteiger partial charge >= 0.3 is 0 Å². The highest BCUT2D eigenvalue weighted by atomic mass is 16.5. The molecule has 1 saturated heterocycles. The molecule has 0 spiro atoms. The summed E-state index contributed by atoms with van der Waals surface area (Å²) in [5.74, 6) is 2.77. The van der Waals surface area contributed by atoms with Crippen molar-refractivity contribution in [2.45, 2.75) is 19.9 Å². The summed E-state index contributed by atoms with van der Waals surface area (Å²) in [6.07, 6.45) is 2.82. The number of aliphatic imine (C=N–C) groups is 1. The van der Waals surface area contributed by atoms with Crippen LogP contribution in [0.4, 0.5) is 5.82 Å². The molecule has 0 bridgehead atoms. The van der Waals surface area contributed by atoms with E-state index in [0.29, 0.717) is 6.54 Å².